The third-order valence-corrected chi connectivity index (χ3v) is 3.20. The average Bonchev–Trinajstić information content (AvgIpc) is 2.63. The lowest BCUT2D eigenvalue weighted by Gasteiger charge is -2.16. The molecule has 1 heterocycles. The summed E-state index contributed by atoms with van der Waals surface area (Å²) in [5.74, 6) is 6.92. The Hall–Kier alpha value is -0.980. The molecule has 1 rings (SSSR count). The molecule has 0 aliphatic heterocycles. The van der Waals surface area contributed by atoms with Gasteiger partial charge < -0.3 is 10.2 Å². The molecule has 1 aromatic heterocycles. The van der Waals surface area contributed by atoms with E-state index in [9.17, 15) is 4.79 Å². The van der Waals surface area contributed by atoms with E-state index in [0.29, 0.717) is 11.3 Å². The van der Waals surface area contributed by atoms with Crippen LogP contribution < -0.4 is 17.0 Å². The van der Waals surface area contributed by atoms with Gasteiger partial charge in [-0.05, 0) is 19.9 Å². The van der Waals surface area contributed by atoms with Crippen LogP contribution in [0.4, 0.5) is 0 Å². The van der Waals surface area contributed by atoms with Crippen LogP contribution in [0.25, 0.3) is 0 Å². The fourth-order valence-electron chi connectivity index (χ4n) is 1.07. The summed E-state index contributed by atoms with van der Waals surface area (Å²) in [6.45, 7) is 3.94. The summed E-state index contributed by atoms with van der Waals surface area (Å²) in [7, 11) is 0. The molecule has 0 radical (unpaired) electrons. The highest BCUT2D eigenvalue weighted by atomic mass is 32.2. The highest BCUT2D eigenvalue weighted by molar-refractivity contribution is 7.98. The monoisotopic (exact) mass is 243 g/mol. The zero-order valence-corrected chi connectivity index (χ0v) is 10.3. The van der Waals surface area contributed by atoms with Crippen molar-refractivity contribution in [1.29, 1.82) is 0 Å². The number of nitrogens with two attached hydrogens (primary N) is 2. The van der Waals surface area contributed by atoms with Crippen molar-refractivity contribution >= 4 is 17.7 Å². The Balaban J connectivity index is 2.44. The number of rotatable bonds is 5. The highest BCUT2D eigenvalue weighted by Crippen LogP contribution is 2.18. The second-order valence-electron chi connectivity index (χ2n) is 4.26. The molecule has 0 atom stereocenters. The number of hydrazine groups is 1. The van der Waals surface area contributed by atoms with Crippen LogP contribution >= 0.6 is 11.8 Å². The van der Waals surface area contributed by atoms with E-state index in [1.165, 1.54) is 6.26 Å². The summed E-state index contributed by atoms with van der Waals surface area (Å²) in [5, 5.41) is 0. The van der Waals surface area contributed by atoms with Gasteiger partial charge in [-0.2, -0.15) is 11.8 Å². The van der Waals surface area contributed by atoms with Crippen molar-refractivity contribution in [3.63, 3.8) is 0 Å². The van der Waals surface area contributed by atoms with E-state index in [-0.39, 0.29) is 11.4 Å². The number of furan rings is 1. The van der Waals surface area contributed by atoms with Gasteiger partial charge in [-0.15, -0.1) is 0 Å². The van der Waals surface area contributed by atoms with Crippen molar-refractivity contribution in [2.24, 2.45) is 11.6 Å². The maximum absolute atomic E-state index is 11.1. The van der Waals surface area contributed by atoms with Gasteiger partial charge >= 0.3 is 0 Å². The molecule has 0 saturated carbocycles. The Kier molecular flexibility index (Phi) is 4.40. The smallest absolute Gasteiger partial charge is 0.268 e. The number of carbonyl (C=O) groups is 1. The molecule has 1 aromatic rings. The lowest BCUT2D eigenvalue weighted by Crippen LogP contribution is -2.34. The van der Waals surface area contributed by atoms with Crippen molar-refractivity contribution in [2.75, 3.05) is 5.75 Å². The second-order valence-corrected chi connectivity index (χ2v) is 5.24. The number of hydrogen-bond acceptors (Lipinski definition) is 5. The van der Waals surface area contributed by atoms with Gasteiger partial charge in [-0.3, -0.25) is 10.2 Å². The molecule has 0 aromatic carbocycles. The van der Waals surface area contributed by atoms with Gasteiger partial charge in [0.15, 0.2) is 0 Å². The van der Waals surface area contributed by atoms with Gasteiger partial charge in [-0.25, -0.2) is 5.84 Å². The molecular weight excluding hydrogens is 226 g/mol. The largest absolute Gasteiger partial charge is 0.468 e. The van der Waals surface area contributed by atoms with Crippen molar-refractivity contribution in [3.05, 3.63) is 23.7 Å². The molecule has 90 valence electrons. The Morgan fingerprint density at radius 1 is 1.62 bits per heavy atom. The normalized spacial score (nSPS) is 11.5. The lowest BCUT2D eigenvalue weighted by atomic mass is 10.1. The lowest BCUT2D eigenvalue weighted by molar-refractivity contribution is 0.0953. The first-order chi connectivity index (χ1) is 7.42. The first kappa shape index (κ1) is 13.1. The van der Waals surface area contributed by atoms with Crippen LogP contribution in [-0.2, 0) is 5.75 Å². The number of thioether (sulfide) groups is 1. The van der Waals surface area contributed by atoms with Crippen LogP contribution in [-0.4, -0.2) is 17.2 Å². The second kappa shape index (κ2) is 5.38. The van der Waals surface area contributed by atoms with Crippen LogP contribution in [0.2, 0.25) is 0 Å². The van der Waals surface area contributed by atoms with E-state index < -0.39 is 0 Å². The molecule has 0 saturated heterocycles. The third-order valence-electron chi connectivity index (χ3n) is 1.77. The molecular formula is C10H17N3O2S. The minimum Gasteiger partial charge on any atom is -0.468 e. The van der Waals surface area contributed by atoms with Crippen LogP contribution in [0.3, 0.4) is 0 Å². The molecule has 0 fully saturated rings. The van der Waals surface area contributed by atoms with E-state index >= 15 is 0 Å². The van der Waals surface area contributed by atoms with Crippen molar-refractivity contribution in [3.8, 4) is 0 Å². The van der Waals surface area contributed by atoms with Crippen LogP contribution in [0.15, 0.2) is 16.7 Å². The van der Waals surface area contributed by atoms with E-state index in [2.05, 4.69) is 0 Å². The van der Waals surface area contributed by atoms with Gasteiger partial charge in [-0.1, -0.05) is 0 Å². The first-order valence-corrected chi connectivity index (χ1v) is 6.03. The van der Waals surface area contributed by atoms with Crippen LogP contribution in [0, 0.1) is 0 Å². The van der Waals surface area contributed by atoms with Crippen molar-refractivity contribution in [2.45, 2.75) is 25.1 Å². The van der Waals surface area contributed by atoms with E-state index in [0.717, 1.165) is 11.5 Å². The molecule has 1 amide bonds. The molecule has 0 unspecified atom stereocenters. The van der Waals surface area contributed by atoms with Gasteiger partial charge in [0.2, 0.25) is 0 Å². The molecule has 6 heteroatoms. The number of nitrogen functional groups attached to an aromatic ring is 1. The Labute approximate surface area is 98.9 Å². The Morgan fingerprint density at radius 3 is 2.88 bits per heavy atom. The van der Waals surface area contributed by atoms with E-state index in [1.807, 2.05) is 19.3 Å². The Morgan fingerprint density at radius 2 is 2.31 bits per heavy atom. The average molecular weight is 243 g/mol. The summed E-state index contributed by atoms with van der Waals surface area (Å²) in [6.07, 6.45) is 1.39. The van der Waals surface area contributed by atoms with Crippen molar-refractivity contribution < 1.29 is 9.21 Å². The number of nitrogens with one attached hydrogen (secondary N) is 1. The van der Waals surface area contributed by atoms with Gasteiger partial charge in [0.1, 0.15) is 12.0 Å². The van der Waals surface area contributed by atoms with Gasteiger partial charge in [0, 0.05) is 11.3 Å². The fourth-order valence-corrected chi connectivity index (χ4v) is 2.05. The Bertz CT molecular complexity index is 357. The highest BCUT2D eigenvalue weighted by Gasteiger charge is 2.12. The molecule has 5 N–H and O–H groups in total. The van der Waals surface area contributed by atoms with Crippen LogP contribution in [0.1, 0.15) is 30.0 Å². The maximum Gasteiger partial charge on any atom is 0.268 e. The maximum atomic E-state index is 11.1. The first-order valence-electron chi connectivity index (χ1n) is 4.87. The van der Waals surface area contributed by atoms with E-state index in [1.54, 1.807) is 17.8 Å². The summed E-state index contributed by atoms with van der Waals surface area (Å²) >= 11 is 1.66. The van der Waals surface area contributed by atoms with Crippen molar-refractivity contribution in [1.82, 2.24) is 5.43 Å². The zero-order valence-electron chi connectivity index (χ0n) is 9.45. The summed E-state index contributed by atoms with van der Waals surface area (Å²) in [5.41, 5.74) is 8.13. The summed E-state index contributed by atoms with van der Waals surface area (Å²) in [6, 6.07) is 1.68. The standard InChI is InChI=1S/C10H17N3O2S/c1-10(2,11)6-16-5-8-3-7(4-15-8)9(14)13-12/h3-4H,5-6,11-12H2,1-2H3,(H,13,14). The number of hydrogen-bond donors (Lipinski definition) is 3. The summed E-state index contributed by atoms with van der Waals surface area (Å²) < 4.78 is 5.22. The quantitative estimate of drug-likeness (QED) is 0.405. The molecule has 0 spiro atoms. The third kappa shape index (κ3) is 4.26. The fraction of sp³-hybridized carbons (Fsp3) is 0.500. The van der Waals surface area contributed by atoms with Crippen LogP contribution in [0.5, 0.6) is 0 Å². The minimum absolute atomic E-state index is 0.200. The SMILES string of the molecule is CC(C)(N)CSCc1cc(C(=O)NN)co1. The molecule has 16 heavy (non-hydrogen) atoms. The predicted molar refractivity (Wildman–Crippen MR) is 64.8 cm³/mol. The molecule has 0 bridgehead atoms. The topological polar surface area (TPSA) is 94.3 Å². The van der Waals surface area contributed by atoms with E-state index in [4.69, 9.17) is 16.0 Å². The molecule has 5 nitrogen and oxygen atoms in total. The summed E-state index contributed by atoms with van der Waals surface area (Å²) in [4.78, 5) is 11.1. The predicted octanol–water partition coefficient (Wildman–Crippen LogP) is 0.854. The van der Waals surface area contributed by atoms with Gasteiger partial charge in [0.25, 0.3) is 5.91 Å². The zero-order chi connectivity index (χ0) is 12.2. The van der Waals surface area contributed by atoms with Gasteiger partial charge in [0.05, 0.1) is 11.3 Å². The minimum atomic E-state index is -0.348. The molecule has 0 aliphatic carbocycles. The number of amides is 1. The number of carbonyl (C=O) groups excluding carboxylic acids is 1. The molecule has 0 aliphatic rings.